The molecule has 0 aliphatic rings. The fraction of sp³-hybridized carbons (Fsp3) is 0.200. The minimum absolute atomic E-state index is 0.151. The van der Waals surface area contributed by atoms with Gasteiger partial charge in [-0.05, 0) is 32.0 Å². The Bertz CT molecular complexity index is 928. The van der Waals surface area contributed by atoms with Crippen molar-refractivity contribution in [2.45, 2.75) is 19.0 Å². The number of carbonyl (C=O) groups excluding carboxylic acids is 1. The van der Waals surface area contributed by atoms with Crippen molar-refractivity contribution in [2.24, 2.45) is 0 Å². The first kappa shape index (κ1) is 17.0. The van der Waals surface area contributed by atoms with Gasteiger partial charge in [-0.15, -0.1) is 5.10 Å². The summed E-state index contributed by atoms with van der Waals surface area (Å²) in [6.07, 6.45) is 0. The van der Waals surface area contributed by atoms with E-state index < -0.39 is 0 Å². The molecule has 124 valence electrons. The SMILES string of the molecule is Cc1cc(C)n2nc(SCC(=O)Nc3cccc(Cl)c3Cl)nc2n1. The molecule has 0 atom stereocenters. The Morgan fingerprint density at radius 1 is 1.29 bits per heavy atom. The molecule has 1 aromatic carbocycles. The van der Waals surface area contributed by atoms with E-state index in [-0.39, 0.29) is 11.7 Å². The summed E-state index contributed by atoms with van der Waals surface area (Å²) in [4.78, 5) is 20.7. The molecule has 2 aromatic heterocycles. The number of hydrogen-bond acceptors (Lipinski definition) is 5. The Labute approximate surface area is 152 Å². The van der Waals surface area contributed by atoms with Gasteiger partial charge in [-0.2, -0.15) is 4.98 Å². The number of anilines is 1. The quantitative estimate of drug-likeness (QED) is 0.696. The standard InChI is InChI=1S/C15H13Cl2N5OS/c1-8-6-9(2)22-14(18-8)20-15(21-22)24-7-12(23)19-11-5-3-4-10(16)13(11)17/h3-6H,7H2,1-2H3,(H,19,23). The monoisotopic (exact) mass is 381 g/mol. The highest BCUT2D eigenvalue weighted by molar-refractivity contribution is 7.99. The molecule has 0 spiro atoms. The van der Waals surface area contributed by atoms with Crippen LogP contribution in [-0.2, 0) is 4.79 Å². The smallest absolute Gasteiger partial charge is 0.253 e. The number of hydrogen-bond donors (Lipinski definition) is 1. The zero-order chi connectivity index (χ0) is 17.3. The first-order valence-electron chi connectivity index (χ1n) is 7.02. The highest BCUT2D eigenvalue weighted by Gasteiger charge is 2.12. The second-order valence-electron chi connectivity index (χ2n) is 5.08. The molecule has 0 saturated heterocycles. The van der Waals surface area contributed by atoms with Crippen LogP contribution < -0.4 is 5.32 Å². The first-order valence-corrected chi connectivity index (χ1v) is 8.76. The van der Waals surface area contributed by atoms with Crippen LogP contribution in [0.1, 0.15) is 11.4 Å². The van der Waals surface area contributed by atoms with Crippen molar-refractivity contribution in [3.63, 3.8) is 0 Å². The summed E-state index contributed by atoms with van der Waals surface area (Å²) in [6.45, 7) is 3.83. The van der Waals surface area contributed by atoms with Crippen molar-refractivity contribution in [3.05, 3.63) is 45.7 Å². The van der Waals surface area contributed by atoms with Gasteiger partial charge in [-0.3, -0.25) is 4.79 Å². The number of rotatable bonds is 4. The summed E-state index contributed by atoms with van der Waals surface area (Å²) in [7, 11) is 0. The minimum atomic E-state index is -0.219. The third kappa shape index (κ3) is 3.63. The summed E-state index contributed by atoms with van der Waals surface area (Å²) in [6, 6.07) is 6.99. The predicted octanol–water partition coefficient (Wildman–Crippen LogP) is 3.78. The van der Waals surface area contributed by atoms with Crippen molar-refractivity contribution in [1.29, 1.82) is 0 Å². The molecule has 0 bridgehead atoms. The van der Waals surface area contributed by atoms with E-state index in [1.165, 1.54) is 11.8 Å². The summed E-state index contributed by atoms with van der Waals surface area (Å²) in [5.41, 5.74) is 2.29. The molecule has 3 aromatic rings. The van der Waals surface area contributed by atoms with Crippen LogP contribution in [0.5, 0.6) is 0 Å². The van der Waals surface area contributed by atoms with Gasteiger partial charge in [0.05, 0.1) is 21.5 Å². The second kappa shape index (κ2) is 6.96. The Morgan fingerprint density at radius 3 is 2.88 bits per heavy atom. The van der Waals surface area contributed by atoms with Gasteiger partial charge < -0.3 is 5.32 Å². The fourth-order valence-corrected chi connectivity index (χ4v) is 3.09. The van der Waals surface area contributed by atoms with Gasteiger partial charge in [-0.1, -0.05) is 41.0 Å². The Kier molecular flexibility index (Phi) is 4.93. The van der Waals surface area contributed by atoms with Gasteiger partial charge in [0.25, 0.3) is 5.78 Å². The molecule has 1 N–H and O–H groups in total. The summed E-state index contributed by atoms with van der Waals surface area (Å²) in [5, 5.41) is 8.26. The van der Waals surface area contributed by atoms with Crippen LogP contribution >= 0.6 is 35.0 Å². The number of aryl methyl sites for hydroxylation is 2. The maximum Gasteiger partial charge on any atom is 0.253 e. The maximum absolute atomic E-state index is 12.1. The number of halogens is 2. The zero-order valence-electron chi connectivity index (χ0n) is 12.9. The Balaban J connectivity index is 1.68. The van der Waals surface area contributed by atoms with E-state index in [9.17, 15) is 4.79 Å². The van der Waals surface area contributed by atoms with Crippen molar-refractivity contribution < 1.29 is 4.79 Å². The third-order valence-electron chi connectivity index (χ3n) is 3.16. The lowest BCUT2D eigenvalue weighted by Gasteiger charge is -2.07. The van der Waals surface area contributed by atoms with Crippen molar-refractivity contribution in [2.75, 3.05) is 11.1 Å². The van der Waals surface area contributed by atoms with E-state index in [0.29, 0.717) is 26.7 Å². The van der Waals surface area contributed by atoms with E-state index in [2.05, 4.69) is 20.4 Å². The largest absolute Gasteiger partial charge is 0.324 e. The number of benzene rings is 1. The number of carbonyl (C=O) groups is 1. The molecule has 0 aliphatic heterocycles. The highest BCUT2D eigenvalue weighted by atomic mass is 35.5. The van der Waals surface area contributed by atoms with Gasteiger partial charge in [0.2, 0.25) is 11.1 Å². The summed E-state index contributed by atoms with van der Waals surface area (Å²) in [5.74, 6) is 0.453. The normalized spacial score (nSPS) is 11.0. The topological polar surface area (TPSA) is 72.2 Å². The van der Waals surface area contributed by atoms with Crippen LogP contribution in [-0.4, -0.2) is 31.2 Å². The Morgan fingerprint density at radius 2 is 2.08 bits per heavy atom. The van der Waals surface area contributed by atoms with Gasteiger partial charge in [-0.25, -0.2) is 9.50 Å². The number of nitrogens with zero attached hydrogens (tertiary/aromatic N) is 4. The van der Waals surface area contributed by atoms with Crippen molar-refractivity contribution in [1.82, 2.24) is 19.6 Å². The number of aromatic nitrogens is 4. The lowest BCUT2D eigenvalue weighted by molar-refractivity contribution is -0.113. The minimum Gasteiger partial charge on any atom is -0.324 e. The number of thioether (sulfide) groups is 1. The predicted molar refractivity (Wildman–Crippen MR) is 96.1 cm³/mol. The number of nitrogens with one attached hydrogen (secondary N) is 1. The van der Waals surface area contributed by atoms with Crippen LogP contribution in [0.3, 0.4) is 0 Å². The summed E-state index contributed by atoms with van der Waals surface area (Å²) >= 11 is 13.2. The summed E-state index contributed by atoms with van der Waals surface area (Å²) < 4.78 is 1.65. The van der Waals surface area contributed by atoms with Crippen LogP contribution in [0.2, 0.25) is 10.0 Å². The average Bonchev–Trinajstić information content (AvgIpc) is 2.93. The molecule has 2 heterocycles. The molecule has 0 saturated carbocycles. The van der Waals surface area contributed by atoms with Gasteiger partial charge in [0.1, 0.15) is 0 Å². The van der Waals surface area contributed by atoms with E-state index >= 15 is 0 Å². The molecule has 0 aliphatic carbocycles. The molecule has 3 rings (SSSR count). The highest BCUT2D eigenvalue weighted by Crippen LogP contribution is 2.29. The van der Waals surface area contributed by atoms with Crippen LogP contribution in [0.25, 0.3) is 5.78 Å². The molecule has 0 unspecified atom stereocenters. The average molecular weight is 382 g/mol. The first-order chi connectivity index (χ1) is 11.4. The lowest BCUT2D eigenvalue weighted by Crippen LogP contribution is -2.14. The van der Waals surface area contributed by atoms with Crippen LogP contribution in [0.15, 0.2) is 29.4 Å². The molecule has 24 heavy (non-hydrogen) atoms. The van der Waals surface area contributed by atoms with Gasteiger partial charge in [0.15, 0.2) is 0 Å². The zero-order valence-corrected chi connectivity index (χ0v) is 15.2. The van der Waals surface area contributed by atoms with Crippen LogP contribution in [0, 0.1) is 13.8 Å². The molecule has 1 amide bonds. The molecule has 0 fully saturated rings. The van der Waals surface area contributed by atoms with E-state index in [1.54, 1.807) is 22.7 Å². The molecule has 6 nitrogen and oxygen atoms in total. The number of amides is 1. The van der Waals surface area contributed by atoms with Crippen molar-refractivity contribution in [3.8, 4) is 0 Å². The van der Waals surface area contributed by atoms with E-state index in [4.69, 9.17) is 23.2 Å². The second-order valence-corrected chi connectivity index (χ2v) is 6.81. The van der Waals surface area contributed by atoms with Crippen LogP contribution in [0.4, 0.5) is 5.69 Å². The maximum atomic E-state index is 12.1. The van der Waals surface area contributed by atoms with E-state index in [1.807, 2.05) is 19.9 Å². The molecular weight excluding hydrogens is 369 g/mol. The third-order valence-corrected chi connectivity index (χ3v) is 4.81. The molecular formula is C15H13Cl2N5OS. The Hall–Kier alpha value is -1.83. The molecule has 0 radical (unpaired) electrons. The van der Waals surface area contributed by atoms with E-state index in [0.717, 1.165) is 11.4 Å². The van der Waals surface area contributed by atoms with Gasteiger partial charge >= 0.3 is 0 Å². The lowest BCUT2D eigenvalue weighted by atomic mass is 10.3. The number of fused-ring (bicyclic) bond motifs is 1. The van der Waals surface area contributed by atoms with Gasteiger partial charge in [0, 0.05) is 11.4 Å². The van der Waals surface area contributed by atoms with Crippen molar-refractivity contribution >= 4 is 52.3 Å². The molecule has 9 heteroatoms. The fourth-order valence-electron chi connectivity index (χ4n) is 2.13.